The Hall–Kier alpha value is -4.94. The molecule has 2 amide bonds. The van der Waals surface area contributed by atoms with Gasteiger partial charge in [0.1, 0.15) is 28.2 Å². The predicted octanol–water partition coefficient (Wildman–Crippen LogP) is 7.97. The first-order chi connectivity index (χ1) is 33.4. The highest BCUT2D eigenvalue weighted by Gasteiger charge is 2.63. The summed E-state index contributed by atoms with van der Waals surface area (Å²) in [7, 11) is 3.21. The number of nitrogens with zero attached hydrogens (tertiary/aromatic N) is 2. The lowest BCUT2D eigenvalue weighted by atomic mass is 9.48. The van der Waals surface area contributed by atoms with Crippen LogP contribution in [0.15, 0.2) is 42.5 Å². The van der Waals surface area contributed by atoms with Gasteiger partial charge in [0.05, 0.1) is 97.2 Å². The highest BCUT2D eigenvalue weighted by atomic mass is 16.6. The summed E-state index contributed by atoms with van der Waals surface area (Å²) < 4.78 is 52.9. The van der Waals surface area contributed by atoms with E-state index in [2.05, 4.69) is 35.9 Å². The topological polar surface area (TPSA) is 188 Å². The summed E-state index contributed by atoms with van der Waals surface area (Å²) in [5.41, 5.74) is 1.76. The Morgan fingerprint density at radius 2 is 1.20 bits per heavy atom. The van der Waals surface area contributed by atoms with Gasteiger partial charge in [-0.05, 0) is 145 Å². The normalized spacial score (nSPS) is 20.6. The third-order valence-electron chi connectivity index (χ3n) is 13.0. The molecule has 70 heavy (non-hydrogen) atoms. The smallest absolute Gasteiger partial charge is 0.407 e. The summed E-state index contributed by atoms with van der Waals surface area (Å²) in [6, 6.07) is 13.5. The zero-order valence-corrected chi connectivity index (χ0v) is 43.2. The van der Waals surface area contributed by atoms with Gasteiger partial charge in [-0.15, -0.1) is 0 Å². The van der Waals surface area contributed by atoms with E-state index in [1.54, 1.807) is 25.0 Å². The van der Waals surface area contributed by atoms with E-state index < -0.39 is 28.7 Å². The molecule has 1 aromatic heterocycles. The number of benzene rings is 2. The zero-order valence-electron chi connectivity index (χ0n) is 43.2. The standard InChI is InChI=1S/C53H79N5O12/c1-35(2)41-33-40(54-16-18-64-20-22-66-24-26-68-27-25-67-23-21-65-19-17-55-50(61)70-52(6,7)8)14-15-43(41)58-44(47-45(62-9)12-11-13-46(47)63-10)34-42(57-58)48(59)56-53(49(60)69-51(3,4)5)38-29-36-28-37(31-38)32-39(53)30-36/h11-15,33-39,54H,16-32H2,1-10H3,(H,55,61)(H,56,59). The van der Waals surface area contributed by atoms with Crippen molar-refractivity contribution in [3.05, 3.63) is 53.7 Å². The van der Waals surface area contributed by atoms with E-state index in [1.807, 2.05) is 71.9 Å². The quantitative estimate of drug-likeness (QED) is 0.0493. The van der Waals surface area contributed by atoms with Crippen molar-refractivity contribution in [1.29, 1.82) is 0 Å². The van der Waals surface area contributed by atoms with Crippen LogP contribution in [0.2, 0.25) is 0 Å². The molecule has 17 heteroatoms. The van der Waals surface area contributed by atoms with E-state index in [0.717, 1.165) is 42.6 Å². The van der Waals surface area contributed by atoms with Crippen LogP contribution in [0.3, 0.4) is 0 Å². The third-order valence-corrected chi connectivity index (χ3v) is 13.0. The molecule has 1 heterocycles. The minimum atomic E-state index is -1.13. The molecule has 0 atom stereocenters. The molecule has 388 valence electrons. The zero-order chi connectivity index (χ0) is 50.5. The van der Waals surface area contributed by atoms with E-state index in [9.17, 15) is 14.4 Å². The van der Waals surface area contributed by atoms with Gasteiger partial charge in [-0.2, -0.15) is 5.10 Å². The first kappa shape index (κ1) is 54.4. The number of amides is 2. The summed E-state index contributed by atoms with van der Waals surface area (Å²) in [5.74, 6) is 1.58. The monoisotopic (exact) mass is 978 g/mol. The number of nitrogens with one attached hydrogen (secondary N) is 3. The van der Waals surface area contributed by atoms with Crippen LogP contribution in [0, 0.1) is 23.7 Å². The van der Waals surface area contributed by atoms with Crippen molar-refractivity contribution in [2.45, 2.75) is 110 Å². The van der Waals surface area contributed by atoms with Crippen LogP contribution in [0.1, 0.15) is 109 Å². The van der Waals surface area contributed by atoms with Gasteiger partial charge in [-0.25, -0.2) is 14.3 Å². The third kappa shape index (κ3) is 14.6. The fourth-order valence-corrected chi connectivity index (χ4v) is 10.2. The minimum absolute atomic E-state index is 0.00122. The number of methoxy groups -OCH3 is 2. The maximum absolute atomic E-state index is 14.8. The van der Waals surface area contributed by atoms with Crippen molar-refractivity contribution < 1.29 is 57.0 Å². The molecule has 7 rings (SSSR count). The molecule has 3 aromatic rings. The van der Waals surface area contributed by atoms with Crippen molar-refractivity contribution >= 4 is 23.7 Å². The van der Waals surface area contributed by atoms with Gasteiger partial charge in [-0.1, -0.05) is 19.9 Å². The Labute approximate surface area is 414 Å². The van der Waals surface area contributed by atoms with Gasteiger partial charge in [0.25, 0.3) is 5.91 Å². The second-order valence-corrected chi connectivity index (χ2v) is 20.8. The number of esters is 1. The molecule has 4 saturated carbocycles. The van der Waals surface area contributed by atoms with Crippen molar-refractivity contribution in [2.24, 2.45) is 23.7 Å². The summed E-state index contributed by atoms with van der Waals surface area (Å²) in [6.07, 6.45) is 4.34. The van der Waals surface area contributed by atoms with Gasteiger partial charge in [0.2, 0.25) is 0 Å². The average molecular weight is 978 g/mol. The molecule has 0 spiro atoms. The van der Waals surface area contributed by atoms with Gasteiger partial charge in [0.15, 0.2) is 5.69 Å². The number of hydrogen-bond acceptors (Lipinski definition) is 14. The molecular formula is C53H79N5O12. The van der Waals surface area contributed by atoms with Crippen LogP contribution in [0.4, 0.5) is 10.5 Å². The van der Waals surface area contributed by atoms with E-state index in [-0.39, 0.29) is 29.4 Å². The summed E-state index contributed by atoms with van der Waals surface area (Å²) in [6.45, 7) is 20.6. The van der Waals surface area contributed by atoms with Gasteiger partial charge in [-0.3, -0.25) is 4.79 Å². The molecule has 4 fully saturated rings. The summed E-state index contributed by atoms with van der Waals surface area (Å²) >= 11 is 0. The first-order valence-electron chi connectivity index (χ1n) is 25.0. The maximum Gasteiger partial charge on any atom is 0.407 e. The lowest BCUT2D eigenvalue weighted by molar-refractivity contribution is -0.180. The molecular weight excluding hydrogens is 899 g/mol. The molecule has 0 radical (unpaired) electrons. The number of hydrogen-bond donors (Lipinski definition) is 3. The second-order valence-electron chi connectivity index (χ2n) is 20.8. The summed E-state index contributed by atoms with van der Waals surface area (Å²) in [4.78, 5) is 40.8. The van der Waals surface area contributed by atoms with E-state index in [0.29, 0.717) is 114 Å². The van der Waals surface area contributed by atoms with Gasteiger partial charge >= 0.3 is 12.1 Å². The van der Waals surface area contributed by atoms with Crippen LogP contribution < -0.4 is 25.4 Å². The van der Waals surface area contributed by atoms with Crippen LogP contribution in [0.5, 0.6) is 11.5 Å². The highest BCUT2D eigenvalue weighted by Crippen LogP contribution is 2.59. The minimum Gasteiger partial charge on any atom is -0.496 e. The lowest BCUT2D eigenvalue weighted by Crippen LogP contribution is -2.71. The molecule has 17 nitrogen and oxygen atoms in total. The number of anilines is 1. The number of carbonyl (C=O) groups is 3. The molecule has 0 saturated heterocycles. The number of rotatable bonds is 27. The maximum atomic E-state index is 14.8. The molecule has 0 unspecified atom stereocenters. The molecule has 2 aromatic carbocycles. The molecule has 3 N–H and O–H groups in total. The predicted molar refractivity (Wildman–Crippen MR) is 266 cm³/mol. The van der Waals surface area contributed by atoms with E-state index in [1.165, 1.54) is 6.42 Å². The van der Waals surface area contributed by atoms with Crippen LogP contribution in [-0.2, 0) is 38.0 Å². The van der Waals surface area contributed by atoms with Gasteiger partial charge < -0.3 is 58.6 Å². The fourth-order valence-electron chi connectivity index (χ4n) is 10.2. The Morgan fingerprint density at radius 3 is 1.70 bits per heavy atom. The highest BCUT2D eigenvalue weighted by molar-refractivity contribution is 5.98. The molecule has 4 aliphatic carbocycles. The van der Waals surface area contributed by atoms with Crippen molar-refractivity contribution in [2.75, 3.05) is 98.7 Å². The number of aromatic nitrogens is 2. The Balaban J connectivity index is 1.01. The number of carbonyl (C=O) groups excluding carboxylic acids is 3. The molecule has 4 aliphatic rings. The summed E-state index contributed by atoms with van der Waals surface area (Å²) in [5, 5.41) is 14.5. The van der Waals surface area contributed by atoms with Crippen LogP contribution in [0.25, 0.3) is 16.9 Å². The second kappa shape index (κ2) is 24.9. The molecule has 4 bridgehead atoms. The van der Waals surface area contributed by atoms with Crippen LogP contribution in [-0.4, -0.2) is 138 Å². The van der Waals surface area contributed by atoms with Crippen molar-refractivity contribution in [3.63, 3.8) is 0 Å². The lowest BCUT2D eigenvalue weighted by Gasteiger charge is -2.59. The van der Waals surface area contributed by atoms with Crippen molar-refractivity contribution in [3.8, 4) is 28.4 Å². The van der Waals surface area contributed by atoms with E-state index in [4.69, 9.17) is 47.7 Å². The van der Waals surface area contributed by atoms with Crippen LogP contribution >= 0.6 is 0 Å². The largest absolute Gasteiger partial charge is 0.496 e. The first-order valence-corrected chi connectivity index (χ1v) is 25.0. The van der Waals surface area contributed by atoms with Gasteiger partial charge in [0, 0.05) is 18.8 Å². The number of alkyl carbamates (subject to hydrolysis) is 1. The Bertz CT molecular complexity index is 2130. The van der Waals surface area contributed by atoms with E-state index >= 15 is 0 Å². The molecule has 0 aliphatic heterocycles. The average Bonchev–Trinajstić information content (AvgIpc) is 3.74. The Morgan fingerprint density at radius 1 is 0.686 bits per heavy atom. The fraction of sp³-hybridized carbons (Fsp3) is 0.660. The SMILES string of the molecule is COc1cccc(OC)c1-c1cc(C(=O)NC2(C(=O)OC(C)(C)C)C3CC4CC(C3)CC2C4)nn1-c1ccc(NCCOCCOCCOCCOCCOCCNC(=O)OC(C)(C)C)cc1C(C)C. The Kier molecular flexibility index (Phi) is 19.4. The number of ether oxygens (including phenoxy) is 9. The van der Waals surface area contributed by atoms with Crippen molar-refractivity contribution in [1.82, 2.24) is 20.4 Å².